The highest BCUT2D eigenvalue weighted by Gasteiger charge is 2.18. The molecule has 1 aromatic rings. The molecular weight excluding hydrogens is 282 g/mol. The lowest BCUT2D eigenvalue weighted by atomic mass is 10.3. The van der Waals surface area contributed by atoms with Crippen molar-refractivity contribution in [3.05, 3.63) is 29.3 Å². The molecule has 0 saturated carbocycles. The summed E-state index contributed by atoms with van der Waals surface area (Å²) in [5.74, 6) is -1.08. The van der Waals surface area contributed by atoms with E-state index >= 15 is 0 Å². The van der Waals surface area contributed by atoms with Crippen LogP contribution >= 0.6 is 11.6 Å². The van der Waals surface area contributed by atoms with E-state index in [0.29, 0.717) is 17.3 Å². The largest absolute Gasteiger partial charge is 0.480 e. The Morgan fingerprint density at radius 2 is 1.90 bits per heavy atom. The summed E-state index contributed by atoms with van der Waals surface area (Å²) in [6.07, 6.45) is 0.768. The van der Waals surface area contributed by atoms with Crippen molar-refractivity contribution in [3.8, 4) is 0 Å². The zero-order valence-corrected chi connectivity index (χ0v) is 12.0. The Labute approximate surface area is 122 Å². The number of benzene rings is 1. The molecule has 0 fully saturated rings. The standard InChI is InChI=1S/C13H18ClN3O3/c1-15-7-2-8-16-13(20)17(9-12(18)19)11-5-3-10(14)4-6-11/h3-6,15H,2,7-9H2,1H3,(H,16,20)(H,18,19). The average Bonchev–Trinajstić information content (AvgIpc) is 2.42. The van der Waals surface area contributed by atoms with Gasteiger partial charge in [-0.25, -0.2) is 4.79 Å². The number of urea groups is 1. The van der Waals surface area contributed by atoms with Gasteiger partial charge in [0.2, 0.25) is 0 Å². The molecule has 1 rings (SSSR count). The van der Waals surface area contributed by atoms with Crippen LogP contribution in [0.15, 0.2) is 24.3 Å². The maximum absolute atomic E-state index is 12.0. The fourth-order valence-corrected chi connectivity index (χ4v) is 1.72. The number of aliphatic carboxylic acids is 1. The van der Waals surface area contributed by atoms with Crippen LogP contribution in [0.3, 0.4) is 0 Å². The van der Waals surface area contributed by atoms with Crippen LogP contribution in [-0.4, -0.2) is 43.8 Å². The number of hydrogen-bond donors (Lipinski definition) is 3. The molecule has 3 N–H and O–H groups in total. The zero-order chi connectivity index (χ0) is 15.0. The molecule has 0 unspecified atom stereocenters. The van der Waals surface area contributed by atoms with E-state index in [-0.39, 0.29) is 0 Å². The highest BCUT2D eigenvalue weighted by Crippen LogP contribution is 2.18. The minimum absolute atomic E-state index is 0.403. The lowest BCUT2D eigenvalue weighted by Gasteiger charge is -2.21. The molecule has 0 heterocycles. The number of rotatable bonds is 7. The molecule has 0 radical (unpaired) electrons. The summed E-state index contributed by atoms with van der Waals surface area (Å²) in [6.45, 7) is 0.850. The van der Waals surface area contributed by atoms with E-state index in [1.54, 1.807) is 24.3 Å². The lowest BCUT2D eigenvalue weighted by molar-refractivity contribution is -0.135. The predicted molar refractivity (Wildman–Crippen MR) is 78.4 cm³/mol. The molecule has 0 aliphatic carbocycles. The van der Waals surface area contributed by atoms with Gasteiger partial charge in [-0.05, 0) is 44.3 Å². The van der Waals surface area contributed by atoms with Crippen LogP contribution in [0.5, 0.6) is 0 Å². The highest BCUT2D eigenvalue weighted by molar-refractivity contribution is 6.30. The second kappa shape index (κ2) is 8.39. The summed E-state index contributed by atoms with van der Waals surface area (Å²) < 4.78 is 0. The fourth-order valence-electron chi connectivity index (χ4n) is 1.59. The molecule has 6 nitrogen and oxygen atoms in total. The number of amides is 2. The molecule has 0 saturated heterocycles. The third kappa shape index (κ3) is 5.46. The summed E-state index contributed by atoms with van der Waals surface area (Å²) in [6, 6.07) is 6.00. The summed E-state index contributed by atoms with van der Waals surface area (Å²) in [7, 11) is 1.83. The number of anilines is 1. The van der Waals surface area contributed by atoms with Crippen molar-refractivity contribution >= 4 is 29.3 Å². The average molecular weight is 300 g/mol. The second-order valence-corrected chi connectivity index (χ2v) is 4.58. The van der Waals surface area contributed by atoms with Gasteiger partial charge in [0.1, 0.15) is 6.54 Å². The van der Waals surface area contributed by atoms with Crippen LogP contribution in [0.1, 0.15) is 6.42 Å². The molecule has 7 heteroatoms. The Bertz CT molecular complexity index is 451. The Balaban J connectivity index is 2.70. The summed E-state index contributed by atoms with van der Waals surface area (Å²) in [4.78, 5) is 24.1. The number of carboxylic acid groups (broad SMARTS) is 1. The van der Waals surface area contributed by atoms with Crippen molar-refractivity contribution in [2.45, 2.75) is 6.42 Å². The molecule has 110 valence electrons. The minimum atomic E-state index is -1.08. The van der Waals surface area contributed by atoms with Crippen LogP contribution in [0, 0.1) is 0 Å². The summed E-state index contributed by atoms with van der Waals surface area (Å²) in [5, 5.41) is 15.1. The summed E-state index contributed by atoms with van der Waals surface area (Å²) >= 11 is 5.78. The van der Waals surface area contributed by atoms with Gasteiger partial charge in [-0.3, -0.25) is 9.69 Å². The molecule has 20 heavy (non-hydrogen) atoms. The van der Waals surface area contributed by atoms with Gasteiger partial charge in [-0.2, -0.15) is 0 Å². The molecule has 0 bridgehead atoms. The van der Waals surface area contributed by atoms with Gasteiger partial charge < -0.3 is 15.7 Å². The molecule has 0 aromatic heterocycles. The van der Waals surface area contributed by atoms with Crippen LogP contribution in [0.25, 0.3) is 0 Å². The first-order valence-corrected chi connectivity index (χ1v) is 6.59. The van der Waals surface area contributed by atoms with E-state index < -0.39 is 18.5 Å². The first-order valence-electron chi connectivity index (χ1n) is 6.22. The van der Waals surface area contributed by atoms with Crippen molar-refractivity contribution in [1.29, 1.82) is 0 Å². The van der Waals surface area contributed by atoms with Gasteiger partial charge >= 0.3 is 12.0 Å². The first kappa shape index (κ1) is 16.3. The third-order valence-corrected chi connectivity index (χ3v) is 2.81. The Hall–Kier alpha value is -1.79. The van der Waals surface area contributed by atoms with Gasteiger partial charge in [0.15, 0.2) is 0 Å². The second-order valence-electron chi connectivity index (χ2n) is 4.15. The molecular formula is C13H18ClN3O3. The van der Waals surface area contributed by atoms with Gasteiger partial charge in [-0.15, -0.1) is 0 Å². The Morgan fingerprint density at radius 1 is 1.25 bits per heavy atom. The quantitative estimate of drug-likeness (QED) is 0.667. The van der Waals surface area contributed by atoms with E-state index in [0.717, 1.165) is 17.9 Å². The van der Waals surface area contributed by atoms with Crippen molar-refractivity contribution in [3.63, 3.8) is 0 Å². The number of carbonyl (C=O) groups excluding carboxylic acids is 1. The molecule has 0 aliphatic rings. The van der Waals surface area contributed by atoms with Gasteiger partial charge in [-0.1, -0.05) is 11.6 Å². The maximum Gasteiger partial charge on any atom is 0.323 e. The number of carbonyl (C=O) groups is 2. The SMILES string of the molecule is CNCCCNC(=O)N(CC(=O)O)c1ccc(Cl)cc1. The fraction of sp³-hybridized carbons (Fsp3) is 0.385. The topological polar surface area (TPSA) is 81.7 Å². The maximum atomic E-state index is 12.0. The minimum Gasteiger partial charge on any atom is -0.480 e. The van der Waals surface area contributed by atoms with Crippen LogP contribution < -0.4 is 15.5 Å². The van der Waals surface area contributed by atoms with E-state index in [9.17, 15) is 9.59 Å². The highest BCUT2D eigenvalue weighted by atomic mass is 35.5. The predicted octanol–water partition coefficient (Wildman–Crippen LogP) is 1.55. The van der Waals surface area contributed by atoms with E-state index in [1.807, 2.05) is 7.05 Å². The van der Waals surface area contributed by atoms with Crippen molar-refractivity contribution in [2.24, 2.45) is 0 Å². The van der Waals surface area contributed by atoms with Crippen molar-refractivity contribution < 1.29 is 14.7 Å². The molecule has 2 amide bonds. The monoisotopic (exact) mass is 299 g/mol. The van der Waals surface area contributed by atoms with Gasteiger partial charge in [0.05, 0.1) is 0 Å². The van der Waals surface area contributed by atoms with Crippen molar-refractivity contribution in [1.82, 2.24) is 10.6 Å². The third-order valence-electron chi connectivity index (χ3n) is 2.56. The number of nitrogens with zero attached hydrogens (tertiary/aromatic N) is 1. The van der Waals surface area contributed by atoms with Gasteiger partial charge in [0.25, 0.3) is 0 Å². The van der Waals surface area contributed by atoms with E-state index in [2.05, 4.69) is 10.6 Å². The smallest absolute Gasteiger partial charge is 0.323 e. The lowest BCUT2D eigenvalue weighted by Crippen LogP contribution is -2.43. The number of halogens is 1. The molecule has 1 aromatic carbocycles. The van der Waals surface area contributed by atoms with E-state index in [4.69, 9.17) is 16.7 Å². The van der Waals surface area contributed by atoms with Crippen LogP contribution in [0.4, 0.5) is 10.5 Å². The van der Waals surface area contributed by atoms with Crippen LogP contribution in [0.2, 0.25) is 5.02 Å². The van der Waals surface area contributed by atoms with Gasteiger partial charge in [0, 0.05) is 17.3 Å². The normalized spacial score (nSPS) is 10.1. The molecule has 0 aliphatic heterocycles. The molecule has 0 atom stereocenters. The summed E-state index contributed by atoms with van der Waals surface area (Å²) in [5.41, 5.74) is 0.489. The Morgan fingerprint density at radius 3 is 2.45 bits per heavy atom. The Kier molecular flexibility index (Phi) is 6.83. The number of nitrogens with one attached hydrogen (secondary N) is 2. The van der Waals surface area contributed by atoms with E-state index in [1.165, 1.54) is 0 Å². The van der Waals surface area contributed by atoms with Crippen molar-refractivity contribution in [2.75, 3.05) is 31.6 Å². The number of carboxylic acids is 1. The first-order chi connectivity index (χ1) is 9.54. The van der Waals surface area contributed by atoms with Crippen LogP contribution in [-0.2, 0) is 4.79 Å². The zero-order valence-electron chi connectivity index (χ0n) is 11.2. The number of hydrogen-bond acceptors (Lipinski definition) is 3. The molecule has 0 spiro atoms.